The monoisotopic (exact) mass is 531 g/mol. The number of fused-ring (bicyclic) bond motifs is 1. The molecule has 1 aliphatic heterocycles. The summed E-state index contributed by atoms with van der Waals surface area (Å²) in [6.45, 7) is 10.3. The Labute approximate surface area is 234 Å². The summed E-state index contributed by atoms with van der Waals surface area (Å²) in [6, 6.07) is 20.5. The highest BCUT2D eigenvalue weighted by atomic mass is 16.6. The van der Waals surface area contributed by atoms with Gasteiger partial charge >= 0.3 is 6.09 Å². The van der Waals surface area contributed by atoms with Crippen LogP contribution in [0.1, 0.15) is 56.9 Å². The van der Waals surface area contributed by atoms with Gasteiger partial charge in [0, 0.05) is 16.7 Å². The zero-order valence-corrected chi connectivity index (χ0v) is 23.1. The Morgan fingerprint density at radius 3 is 2.42 bits per heavy atom. The van der Waals surface area contributed by atoms with Crippen LogP contribution in [-0.2, 0) is 10.3 Å². The molecule has 202 valence electrons. The molecule has 4 aromatic rings. The van der Waals surface area contributed by atoms with Crippen LogP contribution in [0.15, 0.2) is 84.4 Å². The molecule has 1 fully saturated rings. The van der Waals surface area contributed by atoms with Crippen LogP contribution in [0.4, 0.5) is 4.79 Å². The fourth-order valence-electron chi connectivity index (χ4n) is 5.39. The first-order valence-corrected chi connectivity index (χ1v) is 13.7. The molecule has 0 bridgehead atoms. The first-order chi connectivity index (χ1) is 19.3. The van der Waals surface area contributed by atoms with Gasteiger partial charge in [-0.2, -0.15) is 5.10 Å². The number of amides is 1. The highest BCUT2D eigenvalue weighted by Gasteiger charge is 2.41. The lowest BCUT2D eigenvalue weighted by atomic mass is 9.71. The van der Waals surface area contributed by atoms with Crippen molar-refractivity contribution >= 4 is 23.5 Å². The number of carbonyl (C=O) groups excluding carboxylic acids is 1. The van der Waals surface area contributed by atoms with E-state index in [9.17, 15) is 4.79 Å². The summed E-state index contributed by atoms with van der Waals surface area (Å²) in [4.78, 5) is 22.5. The lowest BCUT2D eigenvalue weighted by Gasteiger charge is -2.43. The molecule has 7 nitrogen and oxygen atoms in total. The van der Waals surface area contributed by atoms with Crippen molar-refractivity contribution in [3.05, 3.63) is 96.2 Å². The lowest BCUT2D eigenvalue weighted by molar-refractivity contribution is 0.0377. The Kier molecular flexibility index (Phi) is 6.37. The second-order valence-corrected chi connectivity index (χ2v) is 11.4. The van der Waals surface area contributed by atoms with Crippen molar-refractivity contribution < 1.29 is 9.53 Å². The molecule has 1 N–H and O–H groups in total. The number of aliphatic imine (C=N–C) groups is 1. The van der Waals surface area contributed by atoms with Gasteiger partial charge in [0.05, 0.1) is 29.2 Å². The molecule has 0 atom stereocenters. The molecule has 1 amide bonds. The fourth-order valence-corrected chi connectivity index (χ4v) is 5.39. The third-order valence-corrected chi connectivity index (χ3v) is 7.44. The van der Waals surface area contributed by atoms with E-state index in [-0.39, 0.29) is 6.09 Å². The van der Waals surface area contributed by atoms with E-state index < -0.39 is 11.1 Å². The number of aromatic nitrogens is 3. The van der Waals surface area contributed by atoms with Crippen molar-refractivity contribution in [2.75, 3.05) is 6.54 Å². The van der Waals surface area contributed by atoms with Gasteiger partial charge in [-0.3, -0.25) is 4.99 Å². The van der Waals surface area contributed by atoms with Crippen LogP contribution in [0.3, 0.4) is 0 Å². The maximum atomic E-state index is 12.6. The second-order valence-electron chi connectivity index (χ2n) is 11.4. The van der Waals surface area contributed by atoms with E-state index >= 15 is 0 Å². The van der Waals surface area contributed by atoms with Gasteiger partial charge in [-0.1, -0.05) is 67.3 Å². The van der Waals surface area contributed by atoms with E-state index in [1.807, 2.05) is 61.7 Å². The number of alkyl carbamates (subject to hydrolysis) is 1. The molecular formula is C33H33N5O2. The van der Waals surface area contributed by atoms with Crippen molar-refractivity contribution in [3.63, 3.8) is 0 Å². The van der Waals surface area contributed by atoms with Crippen molar-refractivity contribution in [3.8, 4) is 22.5 Å². The molecule has 1 saturated carbocycles. The maximum Gasteiger partial charge on any atom is 0.408 e. The predicted octanol–water partition coefficient (Wildman–Crippen LogP) is 6.97. The second kappa shape index (κ2) is 9.90. The molecular weight excluding hydrogens is 498 g/mol. The SMILES string of the molecule is C=Cc1cc(C2=NCC=C2)c2nc(-c3ccc(C4(NC(=O)OC(C)(C)C)CCC4)cc3)c(-c3ccccc3)n2n1. The average Bonchev–Trinajstić information content (AvgIpc) is 3.58. The minimum Gasteiger partial charge on any atom is -0.444 e. The topological polar surface area (TPSA) is 80.9 Å². The molecule has 0 unspecified atom stereocenters. The number of rotatable bonds is 6. The van der Waals surface area contributed by atoms with Crippen molar-refractivity contribution in [2.24, 2.45) is 4.99 Å². The molecule has 6 rings (SSSR count). The fraction of sp³-hybridized carbons (Fsp3) is 0.273. The van der Waals surface area contributed by atoms with Gasteiger partial charge in [0.15, 0.2) is 5.65 Å². The molecule has 40 heavy (non-hydrogen) atoms. The van der Waals surface area contributed by atoms with Crippen LogP contribution in [0.2, 0.25) is 0 Å². The molecule has 7 heteroatoms. The normalized spacial score (nSPS) is 15.9. The Hall–Kier alpha value is -4.52. The largest absolute Gasteiger partial charge is 0.444 e. The van der Waals surface area contributed by atoms with E-state index in [1.165, 1.54) is 0 Å². The summed E-state index contributed by atoms with van der Waals surface area (Å²) in [7, 11) is 0. The molecule has 2 aromatic carbocycles. The van der Waals surface area contributed by atoms with Gasteiger partial charge < -0.3 is 10.1 Å². The van der Waals surface area contributed by atoms with Gasteiger partial charge in [-0.25, -0.2) is 14.3 Å². The maximum absolute atomic E-state index is 12.6. The Bertz CT molecular complexity index is 1650. The summed E-state index contributed by atoms with van der Waals surface area (Å²) in [5.74, 6) is 0. The van der Waals surface area contributed by atoms with Crippen LogP contribution < -0.4 is 5.32 Å². The zero-order valence-electron chi connectivity index (χ0n) is 23.1. The van der Waals surface area contributed by atoms with E-state index in [1.54, 1.807) is 6.08 Å². The molecule has 2 aromatic heterocycles. The number of hydrogen-bond donors (Lipinski definition) is 1. The lowest BCUT2D eigenvalue weighted by Crippen LogP contribution is -2.52. The number of nitrogens with one attached hydrogen (secondary N) is 1. The van der Waals surface area contributed by atoms with Gasteiger partial charge in [0.1, 0.15) is 11.3 Å². The van der Waals surface area contributed by atoms with Crippen LogP contribution >= 0.6 is 0 Å². The standard InChI is InChI=1S/C33H33N5O2/c1-5-25-21-26(27-13-9-20-34-27)30-35-28(29(38(30)37-25)23-11-7-6-8-12-23)22-14-16-24(17-15-22)33(18-10-19-33)36-31(39)40-32(2,3)4/h5-9,11-17,21H,1,10,18-20H2,2-4H3,(H,36,39). The first-order valence-electron chi connectivity index (χ1n) is 13.7. The van der Waals surface area contributed by atoms with E-state index in [0.717, 1.165) is 70.0 Å². The van der Waals surface area contributed by atoms with Gasteiger partial charge in [0.25, 0.3) is 0 Å². The predicted molar refractivity (Wildman–Crippen MR) is 159 cm³/mol. The third kappa shape index (κ3) is 4.72. The smallest absolute Gasteiger partial charge is 0.408 e. The van der Waals surface area contributed by atoms with E-state index in [2.05, 4.69) is 53.3 Å². The minimum absolute atomic E-state index is 0.386. The summed E-state index contributed by atoms with van der Waals surface area (Å²) in [6.07, 6.45) is 8.25. The van der Waals surface area contributed by atoms with E-state index in [0.29, 0.717) is 6.54 Å². The first kappa shape index (κ1) is 25.7. The quantitative estimate of drug-likeness (QED) is 0.291. The highest BCUT2D eigenvalue weighted by Crippen LogP contribution is 2.42. The molecule has 1 aliphatic carbocycles. The zero-order chi connectivity index (χ0) is 27.9. The number of ether oxygens (including phenoxy) is 1. The molecule has 0 radical (unpaired) electrons. The van der Waals surface area contributed by atoms with Crippen molar-refractivity contribution in [1.29, 1.82) is 0 Å². The summed E-state index contributed by atoms with van der Waals surface area (Å²) in [5, 5.41) is 8.04. The number of nitrogens with zero attached hydrogens (tertiary/aromatic N) is 4. The van der Waals surface area contributed by atoms with Crippen LogP contribution in [0.25, 0.3) is 34.2 Å². The van der Waals surface area contributed by atoms with Gasteiger partial charge in [-0.05, 0) is 63.8 Å². The number of hydrogen-bond acceptors (Lipinski definition) is 5. The van der Waals surface area contributed by atoms with Crippen LogP contribution in [0, 0.1) is 0 Å². The number of benzene rings is 2. The van der Waals surface area contributed by atoms with Crippen LogP contribution in [0.5, 0.6) is 0 Å². The minimum atomic E-state index is -0.548. The third-order valence-electron chi connectivity index (χ3n) is 7.44. The van der Waals surface area contributed by atoms with E-state index in [4.69, 9.17) is 14.8 Å². The highest BCUT2D eigenvalue weighted by molar-refractivity contribution is 6.14. The molecule has 3 heterocycles. The molecule has 2 aliphatic rings. The Morgan fingerprint density at radius 1 is 1.07 bits per heavy atom. The number of imidazole rings is 1. The average molecular weight is 532 g/mol. The van der Waals surface area contributed by atoms with Gasteiger partial charge in [-0.15, -0.1) is 0 Å². The number of carbonyl (C=O) groups is 1. The summed E-state index contributed by atoms with van der Waals surface area (Å²) < 4.78 is 7.48. The van der Waals surface area contributed by atoms with Crippen molar-refractivity contribution in [1.82, 2.24) is 19.9 Å². The summed E-state index contributed by atoms with van der Waals surface area (Å²) >= 11 is 0. The Morgan fingerprint density at radius 2 is 1.82 bits per heavy atom. The molecule has 0 saturated heterocycles. The van der Waals surface area contributed by atoms with Crippen LogP contribution in [-0.4, -0.2) is 38.5 Å². The molecule has 0 spiro atoms. The number of allylic oxidation sites excluding steroid dienone is 1. The van der Waals surface area contributed by atoms with Gasteiger partial charge in [0.2, 0.25) is 0 Å². The summed E-state index contributed by atoms with van der Waals surface area (Å²) in [5.41, 5.74) is 7.13. The Balaban J connectivity index is 1.45. The van der Waals surface area contributed by atoms with Crippen molar-refractivity contribution in [2.45, 2.75) is 51.2 Å².